The number of anilines is 1. The molecular formula is C26H24N2O. The Balaban J connectivity index is 1.89. The van der Waals surface area contributed by atoms with Gasteiger partial charge < -0.3 is 9.64 Å². The van der Waals surface area contributed by atoms with E-state index in [1.165, 1.54) is 5.69 Å². The highest BCUT2D eigenvalue weighted by Gasteiger charge is 2.12. The Morgan fingerprint density at radius 2 is 1.31 bits per heavy atom. The zero-order valence-electron chi connectivity index (χ0n) is 17.0. The minimum atomic E-state index is 0.819. The van der Waals surface area contributed by atoms with Crippen molar-refractivity contribution in [3.05, 3.63) is 91.0 Å². The summed E-state index contributed by atoms with van der Waals surface area (Å²) in [5.74, 6) is 0.819. The van der Waals surface area contributed by atoms with Crippen LogP contribution in [0.5, 0.6) is 5.75 Å². The normalized spacial score (nSPS) is 10.6. The van der Waals surface area contributed by atoms with Gasteiger partial charge in [-0.2, -0.15) is 0 Å². The lowest BCUT2D eigenvalue weighted by atomic mass is 9.99. The molecule has 0 radical (unpaired) electrons. The van der Waals surface area contributed by atoms with Crippen molar-refractivity contribution in [2.45, 2.75) is 0 Å². The van der Waals surface area contributed by atoms with Gasteiger partial charge in [-0.05, 0) is 47.5 Å². The van der Waals surface area contributed by atoms with Gasteiger partial charge in [0.1, 0.15) is 5.75 Å². The lowest BCUT2D eigenvalue weighted by Crippen LogP contribution is -2.07. The van der Waals surface area contributed by atoms with Crippen molar-refractivity contribution in [3.8, 4) is 39.4 Å². The molecule has 4 rings (SSSR count). The van der Waals surface area contributed by atoms with Gasteiger partial charge in [0, 0.05) is 30.9 Å². The average Bonchev–Trinajstić information content (AvgIpc) is 2.79. The number of pyridine rings is 1. The van der Waals surface area contributed by atoms with Crippen molar-refractivity contribution in [2.75, 3.05) is 26.1 Å². The van der Waals surface area contributed by atoms with E-state index in [0.29, 0.717) is 0 Å². The first kappa shape index (κ1) is 18.8. The molecule has 0 spiro atoms. The highest BCUT2D eigenvalue weighted by atomic mass is 16.5. The number of benzene rings is 3. The van der Waals surface area contributed by atoms with Crippen LogP contribution >= 0.6 is 0 Å². The molecule has 0 saturated carbocycles. The van der Waals surface area contributed by atoms with E-state index >= 15 is 0 Å². The second-order valence-electron chi connectivity index (χ2n) is 7.13. The summed E-state index contributed by atoms with van der Waals surface area (Å²) in [6.07, 6.45) is 0. The first-order valence-corrected chi connectivity index (χ1v) is 9.64. The Morgan fingerprint density at radius 1 is 0.655 bits per heavy atom. The Hall–Kier alpha value is -3.59. The van der Waals surface area contributed by atoms with Crippen LogP contribution in [0.1, 0.15) is 0 Å². The van der Waals surface area contributed by atoms with Crippen molar-refractivity contribution >= 4 is 5.69 Å². The van der Waals surface area contributed by atoms with Gasteiger partial charge >= 0.3 is 0 Å². The molecule has 144 valence electrons. The monoisotopic (exact) mass is 380 g/mol. The predicted molar refractivity (Wildman–Crippen MR) is 121 cm³/mol. The summed E-state index contributed by atoms with van der Waals surface area (Å²) in [7, 11) is 5.80. The molecular weight excluding hydrogens is 356 g/mol. The molecule has 1 heterocycles. The third kappa shape index (κ3) is 3.99. The maximum absolute atomic E-state index is 5.59. The van der Waals surface area contributed by atoms with E-state index in [0.717, 1.165) is 39.4 Å². The van der Waals surface area contributed by atoms with Gasteiger partial charge in [0.15, 0.2) is 0 Å². The number of ether oxygens (including phenoxy) is 1. The molecule has 0 aliphatic carbocycles. The standard InChI is InChI=1S/C26H24N2O/c1-28(2)22-15-13-19(14-16-22)21-17-24(20-9-5-4-6-10-20)27-25(18-21)23-11-7-8-12-26(23)29-3/h4-18H,1-3H3. The maximum Gasteiger partial charge on any atom is 0.128 e. The van der Waals surface area contributed by atoms with Gasteiger partial charge in [0.25, 0.3) is 0 Å². The summed E-state index contributed by atoms with van der Waals surface area (Å²) in [5.41, 5.74) is 7.39. The van der Waals surface area contributed by atoms with Crippen LogP contribution < -0.4 is 9.64 Å². The fraction of sp³-hybridized carbons (Fsp3) is 0.115. The molecule has 29 heavy (non-hydrogen) atoms. The van der Waals surface area contributed by atoms with Gasteiger partial charge in [-0.15, -0.1) is 0 Å². The molecule has 0 N–H and O–H groups in total. The topological polar surface area (TPSA) is 25.4 Å². The number of aromatic nitrogens is 1. The van der Waals surface area contributed by atoms with Gasteiger partial charge in [-0.25, -0.2) is 4.98 Å². The van der Waals surface area contributed by atoms with E-state index in [1.807, 2.05) is 36.4 Å². The van der Waals surface area contributed by atoms with E-state index in [2.05, 4.69) is 73.6 Å². The average molecular weight is 380 g/mol. The van der Waals surface area contributed by atoms with Crippen molar-refractivity contribution in [1.29, 1.82) is 0 Å². The summed E-state index contributed by atoms with van der Waals surface area (Å²) in [6, 6.07) is 31.2. The van der Waals surface area contributed by atoms with Gasteiger partial charge in [0.2, 0.25) is 0 Å². The van der Waals surface area contributed by atoms with Crippen LogP contribution in [-0.4, -0.2) is 26.2 Å². The minimum absolute atomic E-state index is 0.819. The van der Waals surface area contributed by atoms with Crippen LogP contribution in [0.4, 0.5) is 5.69 Å². The van der Waals surface area contributed by atoms with E-state index in [1.54, 1.807) is 7.11 Å². The molecule has 0 bridgehead atoms. The Kier molecular flexibility index (Phi) is 5.30. The van der Waals surface area contributed by atoms with Gasteiger partial charge in [0.05, 0.1) is 18.5 Å². The van der Waals surface area contributed by atoms with Crippen LogP contribution in [0, 0.1) is 0 Å². The molecule has 3 heteroatoms. The maximum atomic E-state index is 5.59. The Labute approximate surface area is 172 Å². The quantitative estimate of drug-likeness (QED) is 0.415. The summed E-state index contributed by atoms with van der Waals surface area (Å²) in [6.45, 7) is 0. The fourth-order valence-electron chi connectivity index (χ4n) is 3.40. The summed E-state index contributed by atoms with van der Waals surface area (Å²) in [4.78, 5) is 7.07. The third-order valence-electron chi connectivity index (χ3n) is 4.99. The molecule has 3 nitrogen and oxygen atoms in total. The van der Waals surface area contributed by atoms with E-state index in [9.17, 15) is 0 Å². The number of hydrogen-bond acceptors (Lipinski definition) is 3. The molecule has 0 unspecified atom stereocenters. The predicted octanol–water partition coefficient (Wildman–Crippen LogP) is 6.16. The number of rotatable bonds is 5. The number of hydrogen-bond donors (Lipinski definition) is 0. The lowest BCUT2D eigenvalue weighted by Gasteiger charge is -2.14. The third-order valence-corrected chi connectivity index (χ3v) is 4.99. The first-order valence-electron chi connectivity index (χ1n) is 9.64. The largest absolute Gasteiger partial charge is 0.496 e. The molecule has 0 atom stereocenters. The van der Waals surface area contributed by atoms with Crippen LogP contribution in [0.2, 0.25) is 0 Å². The SMILES string of the molecule is COc1ccccc1-c1cc(-c2ccc(N(C)C)cc2)cc(-c2ccccc2)n1. The molecule has 0 amide bonds. The highest BCUT2D eigenvalue weighted by molar-refractivity contribution is 5.79. The molecule has 3 aromatic carbocycles. The molecule has 1 aromatic heterocycles. The van der Waals surface area contributed by atoms with Crippen LogP contribution in [0.3, 0.4) is 0 Å². The zero-order chi connectivity index (χ0) is 20.2. The van der Waals surface area contributed by atoms with Crippen molar-refractivity contribution in [1.82, 2.24) is 4.98 Å². The Bertz CT molecular complexity index is 1100. The van der Waals surface area contributed by atoms with Gasteiger partial charge in [-0.3, -0.25) is 0 Å². The van der Waals surface area contributed by atoms with E-state index in [-0.39, 0.29) is 0 Å². The van der Waals surface area contributed by atoms with Crippen LogP contribution in [0.15, 0.2) is 91.0 Å². The Morgan fingerprint density at radius 3 is 2.00 bits per heavy atom. The van der Waals surface area contributed by atoms with Crippen molar-refractivity contribution in [2.24, 2.45) is 0 Å². The van der Waals surface area contributed by atoms with Gasteiger partial charge in [-0.1, -0.05) is 54.6 Å². The van der Waals surface area contributed by atoms with Crippen LogP contribution in [-0.2, 0) is 0 Å². The fourth-order valence-corrected chi connectivity index (χ4v) is 3.40. The zero-order valence-corrected chi connectivity index (χ0v) is 17.0. The second kappa shape index (κ2) is 8.19. The summed E-state index contributed by atoms with van der Waals surface area (Å²) < 4.78 is 5.59. The lowest BCUT2D eigenvalue weighted by molar-refractivity contribution is 0.416. The second-order valence-corrected chi connectivity index (χ2v) is 7.13. The van der Waals surface area contributed by atoms with E-state index < -0.39 is 0 Å². The number of para-hydroxylation sites is 1. The number of methoxy groups -OCH3 is 1. The van der Waals surface area contributed by atoms with Crippen molar-refractivity contribution in [3.63, 3.8) is 0 Å². The number of nitrogens with zero attached hydrogens (tertiary/aromatic N) is 2. The summed E-state index contributed by atoms with van der Waals surface area (Å²) >= 11 is 0. The first-order chi connectivity index (χ1) is 14.2. The van der Waals surface area contributed by atoms with Crippen molar-refractivity contribution < 1.29 is 4.74 Å². The molecule has 0 aliphatic rings. The minimum Gasteiger partial charge on any atom is -0.496 e. The summed E-state index contributed by atoms with van der Waals surface area (Å²) in [5, 5.41) is 0. The molecule has 4 aromatic rings. The highest BCUT2D eigenvalue weighted by Crippen LogP contribution is 2.34. The van der Waals surface area contributed by atoms with Crippen LogP contribution in [0.25, 0.3) is 33.6 Å². The smallest absolute Gasteiger partial charge is 0.128 e. The molecule has 0 aliphatic heterocycles. The van der Waals surface area contributed by atoms with E-state index in [4.69, 9.17) is 9.72 Å². The molecule has 0 fully saturated rings. The molecule has 0 saturated heterocycles.